The second kappa shape index (κ2) is 3.32. The van der Waals surface area contributed by atoms with Gasteiger partial charge in [-0.1, -0.05) is 11.8 Å². The predicted molar refractivity (Wildman–Crippen MR) is 45.9 cm³/mol. The maximum Gasteiger partial charge on any atom is 0.216 e. The molecule has 2 heterocycles. The third kappa shape index (κ3) is 1.70. The number of hydrogen-bond acceptors (Lipinski definition) is 5. The van der Waals surface area contributed by atoms with Crippen molar-refractivity contribution in [3.8, 4) is 0 Å². The zero-order valence-corrected chi connectivity index (χ0v) is 7.30. The van der Waals surface area contributed by atoms with E-state index in [0.29, 0.717) is 16.4 Å². The Balaban J connectivity index is 1.94. The summed E-state index contributed by atoms with van der Waals surface area (Å²) in [5.74, 6) is 0.372. The van der Waals surface area contributed by atoms with Gasteiger partial charge in [-0.2, -0.15) is 4.98 Å². The van der Waals surface area contributed by atoms with E-state index in [1.165, 1.54) is 0 Å². The number of hydrogen-bond donors (Lipinski definition) is 2. The van der Waals surface area contributed by atoms with Gasteiger partial charge in [0.2, 0.25) is 11.1 Å². The lowest BCUT2D eigenvalue weighted by atomic mass is 10.4. The highest BCUT2D eigenvalue weighted by Gasteiger charge is 2.18. The van der Waals surface area contributed by atoms with Gasteiger partial charge in [-0.15, -0.1) is 5.10 Å². The monoisotopic (exact) mass is 186 g/mol. The molecule has 3 N–H and O–H groups in total. The minimum atomic E-state index is 0.372. The Kier molecular flexibility index (Phi) is 2.18. The highest BCUT2D eigenvalue weighted by molar-refractivity contribution is 7.99. The van der Waals surface area contributed by atoms with Crippen LogP contribution in [0.1, 0.15) is 6.42 Å². The molecule has 0 radical (unpaired) electrons. The predicted octanol–water partition coefficient (Wildman–Crippen LogP) is 0.268. The Hall–Kier alpha value is -0.750. The Morgan fingerprint density at radius 3 is 3.17 bits per heavy atom. The fourth-order valence-corrected chi connectivity index (χ4v) is 1.99. The van der Waals surface area contributed by atoms with E-state index < -0.39 is 0 Å². The van der Waals surface area contributed by atoms with E-state index in [9.17, 15) is 0 Å². The van der Waals surface area contributed by atoms with Crippen LogP contribution in [0.15, 0.2) is 5.16 Å². The smallest absolute Gasteiger partial charge is 0.216 e. The van der Waals surface area contributed by atoms with Gasteiger partial charge in [0.1, 0.15) is 0 Å². The first-order chi connectivity index (χ1) is 5.84. The van der Waals surface area contributed by atoms with Crippen LogP contribution >= 0.6 is 11.8 Å². The molecule has 6 heteroatoms. The van der Waals surface area contributed by atoms with Crippen molar-refractivity contribution in [2.45, 2.75) is 16.8 Å². The molecule has 1 aliphatic heterocycles. The summed E-state index contributed by atoms with van der Waals surface area (Å²) in [5, 5.41) is 7.72. The number of rotatable bonds is 2. The standard InChI is InChI=1S/C6H10N4OS/c7-5-8-6(10-9-5)12-4-1-2-11-3-4/h4H,1-3H2,(H3,7,8,9,10). The summed E-state index contributed by atoms with van der Waals surface area (Å²) in [5.41, 5.74) is 5.38. The van der Waals surface area contributed by atoms with E-state index in [-0.39, 0.29) is 0 Å². The number of anilines is 1. The van der Waals surface area contributed by atoms with Crippen molar-refractivity contribution >= 4 is 17.7 Å². The normalized spacial score (nSPS) is 23.2. The van der Waals surface area contributed by atoms with Crippen molar-refractivity contribution in [2.24, 2.45) is 0 Å². The lowest BCUT2D eigenvalue weighted by molar-refractivity contribution is 0.199. The molecule has 1 unspecified atom stereocenters. The van der Waals surface area contributed by atoms with Crippen molar-refractivity contribution in [3.05, 3.63) is 0 Å². The van der Waals surface area contributed by atoms with Gasteiger partial charge >= 0.3 is 0 Å². The molecule has 1 fully saturated rings. The molecule has 0 amide bonds. The minimum Gasteiger partial charge on any atom is -0.380 e. The number of nitrogens with two attached hydrogens (primary N) is 1. The molecule has 1 atom stereocenters. The lowest BCUT2D eigenvalue weighted by Gasteiger charge is -2.00. The number of H-pyrrole nitrogens is 1. The molecule has 1 aromatic heterocycles. The van der Waals surface area contributed by atoms with Gasteiger partial charge in [-0.3, -0.25) is 0 Å². The third-order valence-corrected chi connectivity index (χ3v) is 2.74. The SMILES string of the molecule is Nc1nc(SC2CCOC2)n[nH]1. The van der Waals surface area contributed by atoms with Crippen LogP contribution in [0, 0.1) is 0 Å². The highest BCUT2D eigenvalue weighted by atomic mass is 32.2. The van der Waals surface area contributed by atoms with Gasteiger partial charge in [0.05, 0.1) is 6.61 Å². The zero-order valence-electron chi connectivity index (χ0n) is 6.49. The second-order valence-corrected chi connectivity index (χ2v) is 3.87. The van der Waals surface area contributed by atoms with Crippen LogP contribution in [-0.4, -0.2) is 33.6 Å². The highest BCUT2D eigenvalue weighted by Crippen LogP contribution is 2.25. The van der Waals surface area contributed by atoms with Crippen LogP contribution < -0.4 is 5.73 Å². The van der Waals surface area contributed by atoms with Gasteiger partial charge < -0.3 is 10.5 Å². The van der Waals surface area contributed by atoms with E-state index in [1.807, 2.05) is 0 Å². The molecule has 12 heavy (non-hydrogen) atoms. The molecule has 0 spiro atoms. The molecule has 1 aromatic rings. The van der Waals surface area contributed by atoms with E-state index in [0.717, 1.165) is 19.6 Å². The Labute approximate surface area is 74.1 Å². The largest absolute Gasteiger partial charge is 0.380 e. The number of aromatic amines is 1. The molecule has 0 saturated carbocycles. The van der Waals surface area contributed by atoms with Crippen LogP contribution in [0.4, 0.5) is 5.95 Å². The van der Waals surface area contributed by atoms with E-state index >= 15 is 0 Å². The van der Waals surface area contributed by atoms with E-state index in [2.05, 4.69) is 15.2 Å². The van der Waals surface area contributed by atoms with Crippen LogP contribution in [0.2, 0.25) is 0 Å². The molecular weight excluding hydrogens is 176 g/mol. The first-order valence-corrected chi connectivity index (χ1v) is 4.65. The molecule has 1 aliphatic rings. The maximum atomic E-state index is 5.38. The van der Waals surface area contributed by atoms with Gasteiger partial charge in [-0.05, 0) is 6.42 Å². The zero-order chi connectivity index (χ0) is 8.39. The van der Waals surface area contributed by atoms with Crippen molar-refractivity contribution in [2.75, 3.05) is 18.9 Å². The van der Waals surface area contributed by atoms with Gasteiger partial charge in [0.15, 0.2) is 0 Å². The second-order valence-electron chi connectivity index (χ2n) is 2.61. The first kappa shape index (κ1) is 7.88. The average molecular weight is 186 g/mol. The molecule has 1 saturated heterocycles. The van der Waals surface area contributed by atoms with E-state index in [1.54, 1.807) is 11.8 Å². The number of nitrogen functional groups attached to an aromatic ring is 1. The Morgan fingerprint density at radius 1 is 1.67 bits per heavy atom. The lowest BCUT2D eigenvalue weighted by Crippen LogP contribution is -2.00. The Morgan fingerprint density at radius 2 is 2.58 bits per heavy atom. The van der Waals surface area contributed by atoms with Crippen LogP contribution in [0.3, 0.4) is 0 Å². The summed E-state index contributed by atoms with van der Waals surface area (Å²) < 4.78 is 5.22. The first-order valence-electron chi connectivity index (χ1n) is 3.77. The number of aromatic nitrogens is 3. The molecular formula is C6H10N4OS. The summed E-state index contributed by atoms with van der Waals surface area (Å²) >= 11 is 1.61. The molecule has 0 bridgehead atoms. The minimum absolute atomic E-state index is 0.372. The fraction of sp³-hybridized carbons (Fsp3) is 0.667. The summed E-state index contributed by atoms with van der Waals surface area (Å²) in [4.78, 5) is 3.99. The van der Waals surface area contributed by atoms with Gasteiger partial charge in [0.25, 0.3) is 0 Å². The number of nitrogens with one attached hydrogen (secondary N) is 1. The maximum absolute atomic E-state index is 5.38. The topological polar surface area (TPSA) is 76.8 Å². The quantitative estimate of drug-likeness (QED) is 0.693. The van der Waals surface area contributed by atoms with Crippen molar-refractivity contribution in [1.29, 1.82) is 0 Å². The number of nitrogens with zero attached hydrogens (tertiary/aromatic N) is 2. The summed E-state index contributed by atoms with van der Waals surface area (Å²) in [6.07, 6.45) is 1.07. The fourth-order valence-electron chi connectivity index (χ4n) is 1.07. The van der Waals surface area contributed by atoms with Crippen molar-refractivity contribution < 1.29 is 4.74 Å². The number of thioether (sulfide) groups is 1. The molecule has 0 aliphatic carbocycles. The molecule has 2 rings (SSSR count). The van der Waals surface area contributed by atoms with Crippen LogP contribution in [0.25, 0.3) is 0 Å². The van der Waals surface area contributed by atoms with Crippen LogP contribution in [-0.2, 0) is 4.74 Å². The summed E-state index contributed by atoms with van der Waals surface area (Å²) in [7, 11) is 0. The number of ether oxygens (including phenoxy) is 1. The average Bonchev–Trinajstić information content (AvgIpc) is 2.63. The van der Waals surface area contributed by atoms with Gasteiger partial charge in [-0.25, -0.2) is 5.10 Å². The van der Waals surface area contributed by atoms with Crippen LogP contribution in [0.5, 0.6) is 0 Å². The van der Waals surface area contributed by atoms with Crippen molar-refractivity contribution in [3.63, 3.8) is 0 Å². The van der Waals surface area contributed by atoms with Crippen molar-refractivity contribution in [1.82, 2.24) is 15.2 Å². The molecule has 5 nitrogen and oxygen atoms in total. The summed E-state index contributed by atoms with van der Waals surface area (Å²) in [6.45, 7) is 1.64. The third-order valence-electron chi connectivity index (χ3n) is 1.64. The molecule has 0 aromatic carbocycles. The molecule has 66 valence electrons. The van der Waals surface area contributed by atoms with Gasteiger partial charge in [0, 0.05) is 11.9 Å². The van der Waals surface area contributed by atoms with E-state index in [4.69, 9.17) is 10.5 Å². The summed E-state index contributed by atoms with van der Waals surface area (Å²) in [6, 6.07) is 0. The Bertz CT molecular complexity index is 258.